The number of thioether (sulfide) groups is 1. The summed E-state index contributed by atoms with van der Waals surface area (Å²) in [5, 5.41) is 5.84. The van der Waals surface area contributed by atoms with Gasteiger partial charge in [0.1, 0.15) is 0 Å². The van der Waals surface area contributed by atoms with Crippen molar-refractivity contribution in [1.82, 2.24) is 10.6 Å². The molecule has 1 atom stereocenters. The first-order valence-corrected chi connectivity index (χ1v) is 8.61. The van der Waals surface area contributed by atoms with E-state index in [1.54, 1.807) is 0 Å². The van der Waals surface area contributed by atoms with Crippen molar-refractivity contribution in [3.63, 3.8) is 0 Å². The maximum Gasteiger partial charge on any atom is 0.316 e. The lowest BCUT2D eigenvalue weighted by Crippen LogP contribution is -2.39. The van der Waals surface area contributed by atoms with E-state index in [0.717, 1.165) is 17.7 Å². The number of urea groups is 1. The molecule has 0 spiro atoms. The molecule has 0 fully saturated rings. The number of hydrogen-bond acceptors (Lipinski definition) is 2. The molecule has 2 aromatic carbocycles. The highest BCUT2D eigenvalue weighted by atomic mass is 32.2. The number of hydrogen-bond donors (Lipinski definition) is 2. The molecule has 0 bridgehead atoms. The minimum Gasteiger partial charge on any atom is -0.331 e. The molecular formula is C19H18N2OS. The molecule has 0 radical (unpaired) electrons. The summed E-state index contributed by atoms with van der Waals surface area (Å²) in [6.45, 7) is 0.337. The Morgan fingerprint density at radius 2 is 1.91 bits per heavy atom. The van der Waals surface area contributed by atoms with E-state index in [-0.39, 0.29) is 12.1 Å². The molecule has 3 rings (SSSR count). The second-order valence-corrected chi connectivity index (χ2v) is 6.36. The van der Waals surface area contributed by atoms with Crippen molar-refractivity contribution in [3.05, 3.63) is 65.7 Å². The molecule has 23 heavy (non-hydrogen) atoms. The summed E-state index contributed by atoms with van der Waals surface area (Å²) in [6, 6.07) is 17.9. The Morgan fingerprint density at radius 1 is 1.13 bits per heavy atom. The highest BCUT2D eigenvalue weighted by molar-refractivity contribution is 7.99. The minimum absolute atomic E-state index is 0.0783. The molecule has 2 amide bonds. The highest BCUT2D eigenvalue weighted by Gasteiger charge is 2.21. The number of carbonyl (C=O) groups is 1. The Balaban J connectivity index is 1.52. The lowest BCUT2D eigenvalue weighted by atomic mass is 10.0. The molecule has 0 saturated heterocycles. The van der Waals surface area contributed by atoms with Gasteiger partial charge < -0.3 is 10.6 Å². The summed E-state index contributed by atoms with van der Waals surface area (Å²) in [6.07, 6.45) is 0.949. The molecule has 0 aliphatic carbocycles. The Labute approximate surface area is 140 Å². The monoisotopic (exact) mass is 322 g/mol. The van der Waals surface area contributed by atoms with E-state index in [2.05, 4.69) is 34.6 Å². The number of fused-ring (bicyclic) bond motifs is 1. The van der Waals surface area contributed by atoms with Crippen LogP contribution < -0.4 is 10.6 Å². The van der Waals surface area contributed by atoms with Crippen molar-refractivity contribution in [2.75, 3.05) is 12.3 Å². The van der Waals surface area contributed by atoms with Crippen molar-refractivity contribution >= 4 is 17.8 Å². The molecule has 1 aliphatic heterocycles. The Bertz CT molecular complexity index is 734. The second kappa shape index (κ2) is 7.75. The number of amides is 2. The molecule has 4 heteroatoms. The van der Waals surface area contributed by atoms with Crippen molar-refractivity contribution in [2.24, 2.45) is 0 Å². The Morgan fingerprint density at radius 3 is 2.78 bits per heavy atom. The molecule has 116 valence electrons. The van der Waals surface area contributed by atoms with E-state index in [1.807, 2.05) is 54.2 Å². The molecule has 0 aromatic heterocycles. The molecule has 2 N–H and O–H groups in total. The zero-order valence-corrected chi connectivity index (χ0v) is 13.5. The molecular weight excluding hydrogens is 304 g/mol. The van der Waals surface area contributed by atoms with E-state index >= 15 is 0 Å². The van der Waals surface area contributed by atoms with Crippen LogP contribution in [0.4, 0.5) is 4.79 Å². The highest BCUT2D eigenvalue weighted by Crippen LogP contribution is 2.35. The van der Waals surface area contributed by atoms with Crippen LogP contribution in [-0.4, -0.2) is 18.3 Å². The van der Waals surface area contributed by atoms with Crippen molar-refractivity contribution in [1.29, 1.82) is 0 Å². The zero-order valence-electron chi connectivity index (χ0n) is 12.7. The van der Waals surface area contributed by atoms with Crippen LogP contribution in [0.5, 0.6) is 0 Å². The van der Waals surface area contributed by atoms with Crippen molar-refractivity contribution in [3.8, 4) is 11.8 Å². The topological polar surface area (TPSA) is 41.1 Å². The van der Waals surface area contributed by atoms with Crippen LogP contribution in [0.25, 0.3) is 0 Å². The number of benzene rings is 2. The van der Waals surface area contributed by atoms with Crippen LogP contribution in [-0.2, 0) is 0 Å². The van der Waals surface area contributed by atoms with E-state index < -0.39 is 0 Å². The first-order chi connectivity index (χ1) is 11.3. The van der Waals surface area contributed by atoms with Crippen LogP contribution in [0, 0.1) is 11.8 Å². The second-order valence-electron chi connectivity index (χ2n) is 5.22. The Kier molecular flexibility index (Phi) is 5.23. The third-order valence-electron chi connectivity index (χ3n) is 3.61. The maximum absolute atomic E-state index is 12.0. The largest absolute Gasteiger partial charge is 0.331 e. The van der Waals surface area contributed by atoms with Gasteiger partial charge in [-0.1, -0.05) is 48.2 Å². The molecule has 1 aliphatic rings. The predicted molar refractivity (Wildman–Crippen MR) is 94.4 cm³/mol. The predicted octanol–water partition coefficient (Wildman–Crippen LogP) is 3.57. The molecule has 1 unspecified atom stereocenters. The fourth-order valence-corrected chi connectivity index (χ4v) is 3.62. The standard InChI is InChI=1S/C19H18N2OS/c22-19(20-13-6-9-15-7-2-1-3-8-15)21-17-12-14-23-18-11-5-4-10-16(17)18/h1-5,7-8,10-11,17H,12-14H2,(H2,20,21,22). The van der Waals surface area contributed by atoms with E-state index in [0.29, 0.717) is 6.54 Å². The van der Waals surface area contributed by atoms with Crippen LogP contribution in [0.1, 0.15) is 23.6 Å². The van der Waals surface area contributed by atoms with Crippen LogP contribution in [0.2, 0.25) is 0 Å². The van der Waals surface area contributed by atoms with Crippen LogP contribution in [0.3, 0.4) is 0 Å². The van der Waals surface area contributed by atoms with Gasteiger partial charge in [-0.3, -0.25) is 0 Å². The van der Waals surface area contributed by atoms with Gasteiger partial charge in [0.2, 0.25) is 0 Å². The third kappa shape index (κ3) is 4.30. The van der Waals surface area contributed by atoms with Gasteiger partial charge in [0, 0.05) is 16.2 Å². The van der Waals surface area contributed by atoms with Crippen LogP contribution in [0.15, 0.2) is 59.5 Å². The Hall–Kier alpha value is -2.38. The van der Waals surface area contributed by atoms with Crippen LogP contribution >= 0.6 is 11.8 Å². The molecule has 2 aromatic rings. The minimum atomic E-state index is -0.168. The fourth-order valence-electron chi connectivity index (χ4n) is 2.49. The van der Waals surface area contributed by atoms with Gasteiger partial charge in [0.25, 0.3) is 0 Å². The number of carbonyl (C=O) groups excluding carboxylic acids is 1. The third-order valence-corrected chi connectivity index (χ3v) is 4.73. The molecule has 0 saturated carbocycles. The van der Waals surface area contributed by atoms with E-state index in [4.69, 9.17) is 0 Å². The lowest BCUT2D eigenvalue weighted by Gasteiger charge is -2.25. The summed E-state index contributed by atoms with van der Waals surface area (Å²) in [5.41, 5.74) is 2.15. The number of rotatable bonds is 2. The normalized spacial score (nSPS) is 15.7. The van der Waals surface area contributed by atoms with Gasteiger partial charge in [0.05, 0.1) is 12.6 Å². The average molecular weight is 322 g/mol. The summed E-state index contributed by atoms with van der Waals surface area (Å²) >= 11 is 1.84. The molecule has 3 nitrogen and oxygen atoms in total. The van der Waals surface area contributed by atoms with Gasteiger partial charge in [-0.15, -0.1) is 11.8 Å². The maximum atomic E-state index is 12.0. The summed E-state index contributed by atoms with van der Waals surface area (Å²) < 4.78 is 0. The SMILES string of the molecule is O=C(NCC#Cc1ccccc1)NC1CCSc2ccccc21. The smallest absolute Gasteiger partial charge is 0.316 e. The van der Waals surface area contributed by atoms with E-state index in [1.165, 1.54) is 10.5 Å². The van der Waals surface area contributed by atoms with E-state index in [9.17, 15) is 4.79 Å². The van der Waals surface area contributed by atoms with Crippen molar-refractivity contribution in [2.45, 2.75) is 17.4 Å². The quantitative estimate of drug-likeness (QED) is 0.830. The summed E-state index contributed by atoms with van der Waals surface area (Å²) in [5.74, 6) is 7.01. The zero-order chi connectivity index (χ0) is 15.9. The lowest BCUT2D eigenvalue weighted by molar-refractivity contribution is 0.237. The van der Waals surface area contributed by atoms with Gasteiger partial charge in [0.15, 0.2) is 0 Å². The first-order valence-electron chi connectivity index (χ1n) is 7.63. The van der Waals surface area contributed by atoms with Gasteiger partial charge in [-0.05, 0) is 30.2 Å². The summed E-state index contributed by atoms with van der Waals surface area (Å²) in [4.78, 5) is 13.3. The van der Waals surface area contributed by atoms with Gasteiger partial charge in [-0.25, -0.2) is 4.79 Å². The summed E-state index contributed by atoms with van der Waals surface area (Å²) in [7, 11) is 0. The number of nitrogens with one attached hydrogen (secondary N) is 2. The van der Waals surface area contributed by atoms with Gasteiger partial charge >= 0.3 is 6.03 Å². The van der Waals surface area contributed by atoms with Crippen molar-refractivity contribution < 1.29 is 4.79 Å². The first kappa shape index (κ1) is 15.5. The average Bonchev–Trinajstić information content (AvgIpc) is 2.60. The van der Waals surface area contributed by atoms with Gasteiger partial charge in [-0.2, -0.15) is 0 Å². The molecule has 1 heterocycles. The fraction of sp³-hybridized carbons (Fsp3) is 0.211.